The highest BCUT2D eigenvalue weighted by Gasteiger charge is 2.16. The number of carbonyl (C=O) groups is 1. The normalized spacial score (nSPS) is 24.0. The zero-order chi connectivity index (χ0) is 28.5. The van der Waals surface area contributed by atoms with Gasteiger partial charge in [0, 0.05) is 59.9 Å². The number of imidazole rings is 1. The van der Waals surface area contributed by atoms with E-state index in [-0.39, 0.29) is 11.5 Å². The molecule has 1 aliphatic rings. The highest BCUT2D eigenvalue weighted by molar-refractivity contribution is 6.04. The molecule has 1 amide bonds. The van der Waals surface area contributed by atoms with E-state index in [1.807, 2.05) is 36.7 Å². The number of nitrogens with one attached hydrogen (secondary N) is 1. The molecular formula is C23H23N7O. The van der Waals surface area contributed by atoms with Crippen LogP contribution in [0.25, 0.3) is 22.2 Å². The molecule has 0 unspecified atom stereocenters. The topological polar surface area (TPSA) is 88.8 Å². The number of anilines is 2. The summed E-state index contributed by atoms with van der Waals surface area (Å²) >= 11 is 0. The van der Waals surface area contributed by atoms with Crippen LogP contribution in [0, 0.1) is 6.92 Å². The van der Waals surface area contributed by atoms with Gasteiger partial charge in [-0.25, -0.2) is 19.9 Å². The fourth-order valence-electron chi connectivity index (χ4n) is 3.18. The van der Waals surface area contributed by atoms with Crippen molar-refractivity contribution in [3.05, 3.63) is 60.3 Å². The molecule has 5 rings (SSSR count). The molecule has 4 heterocycles. The monoisotopic (exact) mass is 421 g/mol. The molecule has 4 aromatic rings. The lowest BCUT2D eigenvalue weighted by molar-refractivity contribution is 0.102. The van der Waals surface area contributed by atoms with Gasteiger partial charge >= 0.3 is 0 Å². The number of aromatic nitrogens is 5. The summed E-state index contributed by atoms with van der Waals surface area (Å²) in [4.78, 5) is 30.2. The average molecular weight is 422 g/mol. The number of benzene rings is 1. The van der Waals surface area contributed by atoms with Crippen LogP contribution in [0.5, 0.6) is 0 Å². The van der Waals surface area contributed by atoms with Gasteiger partial charge in [-0.3, -0.25) is 10.1 Å². The van der Waals surface area contributed by atoms with Crippen molar-refractivity contribution in [2.45, 2.75) is 19.7 Å². The van der Waals surface area contributed by atoms with E-state index in [9.17, 15) is 4.79 Å². The number of fused-ring (bicyclic) bond motifs is 1. The lowest BCUT2D eigenvalue weighted by atomic mass is 10.1. The number of rotatable bonds is 4. The van der Waals surface area contributed by atoms with Crippen molar-refractivity contribution in [2.24, 2.45) is 7.05 Å². The van der Waals surface area contributed by atoms with E-state index in [1.165, 1.54) is 6.07 Å². The quantitative estimate of drug-likeness (QED) is 0.542. The Bertz CT molecular complexity index is 1600. The van der Waals surface area contributed by atoms with Crippen molar-refractivity contribution in [1.29, 1.82) is 0 Å². The Labute approximate surface area is 191 Å². The minimum Gasteiger partial charge on any atom is -0.357 e. The first-order chi connectivity index (χ1) is 18.1. The average Bonchev–Trinajstić information content (AvgIpc) is 3.23. The van der Waals surface area contributed by atoms with Crippen LogP contribution in [-0.2, 0) is 7.05 Å². The Hall–Kier alpha value is -3.81. The summed E-state index contributed by atoms with van der Waals surface area (Å²) in [7, 11) is 1.90. The summed E-state index contributed by atoms with van der Waals surface area (Å²) in [5.74, 6) is -0.315. The van der Waals surface area contributed by atoms with Crippen LogP contribution in [0.4, 0.5) is 11.8 Å². The van der Waals surface area contributed by atoms with E-state index in [0.29, 0.717) is 10.4 Å². The van der Waals surface area contributed by atoms with Gasteiger partial charge in [-0.2, -0.15) is 0 Å². The fourth-order valence-corrected chi connectivity index (χ4v) is 3.18. The number of hydrogen-bond acceptors (Lipinski definition) is 6. The number of hydrogen-bond donors (Lipinski definition) is 1. The molecule has 1 saturated heterocycles. The molecule has 3 aromatic heterocycles. The Morgan fingerprint density at radius 3 is 2.71 bits per heavy atom. The predicted octanol–water partition coefficient (Wildman–Crippen LogP) is 3.59. The molecule has 156 valence electrons. The molecular weight excluding hydrogens is 390 g/mol. The Morgan fingerprint density at radius 1 is 1.10 bits per heavy atom. The van der Waals surface area contributed by atoms with Gasteiger partial charge in [-0.15, -0.1) is 0 Å². The molecule has 0 bridgehead atoms. The summed E-state index contributed by atoms with van der Waals surface area (Å²) in [6, 6.07) is 7.97. The molecule has 0 saturated carbocycles. The molecule has 0 radical (unpaired) electrons. The molecule has 1 aromatic carbocycles. The number of nitrogens with zero attached hydrogens (tertiary/aromatic N) is 6. The largest absolute Gasteiger partial charge is 0.357 e. The summed E-state index contributed by atoms with van der Waals surface area (Å²) in [6.45, 7) is -4.34. The second-order valence-corrected chi connectivity index (χ2v) is 6.88. The molecule has 0 atom stereocenters. The van der Waals surface area contributed by atoms with Crippen molar-refractivity contribution in [3.63, 3.8) is 0 Å². The summed E-state index contributed by atoms with van der Waals surface area (Å²) < 4.78 is 66.6. The van der Waals surface area contributed by atoms with E-state index in [1.54, 1.807) is 12.4 Å². The van der Waals surface area contributed by atoms with Crippen molar-refractivity contribution < 1.29 is 15.8 Å². The van der Waals surface area contributed by atoms with Gasteiger partial charge in [-0.05, 0) is 37.9 Å². The van der Waals surface area contributed by atoms with E-state index in [0.717, 1.165) is 34.7 Å². The third-order valence-corrected chi connectivity index (χ3v) is 4.96. The van der Waals surface area contributed by atoms with Gasteiger partial charge in [-0.1, -0.05) is 12.1 Å². The van der Waals surface area contributed by atoms with E-state index < -0.39 is 37.5 Å². The lowest BCUT2D eigenvalue weighted by Crippen LogP contribution is -2.20. The maximum atomic E-state index is 13.0. The first-order valence-electron chi connectivity index (χ1n) is 13.4. The number of amides is 1. The third-order valence-electron chi connectivity index (χ3n) is 4.96. The summed E-state index contributed by atoms with van der Waals surface area (Å²) in [5, 5.41) is 3.30. The number of carbonyl (C=O) groups excluding carboxylic acids is 1. The van der Waals surface area contributed by atoms with Gasteiger partial charge in [0.25, 0.3) is 5.91 Å². The zero-order valence-electron chi connectivity index (χ0n) is 24.7. The predicted molar refractivity (Wildman–Crippen MR) is 120 cm³/mol. The van der Waals surface area contributed by atoms with Crippen LogP contribution in [0.2, 0.25) is 0 Å². The number of aryl methyl sites for hydroxylation is 1. The fraction of sp³-hybridized carbons (Fsp3) is 0.261. The Kier molecular flexibility index (Phi) is 3.05. The van der Waals surface area contributed by atoms with Crippen LogP contribution in [0.3, 0.4) is 0 Å². The Morgan fingerprint density at radius 2 is 1.94 bits per heavy atom. The second kappa shape index (κ2) is 7.79. The van der Waals surface area contributed by atoms with Crippen molar-refractivity contribution >= 4 is 28.6 Å². The summed E-state index contributed by atoms with van der Waals surface area (Å²) in [6.07, 6.45) is -2.02. The number of pyridine rings is 1. The molecule has 1 N–H and O–H groups in total. The van der Waals surface area contributed by atoms with Crippen LogP contribution in [0.1, 0.15) is 39.9 Å². The van der Waals surface area contributed by atoms with Gasteiger partial charge in [0.05, 0.1) is 17.4 Å². The first kappa shape index (κ1) is 12.1. The summed E-state index contributed by atoms with van der Waals surface area (Å²) in [5.41, 5.74) is 2.25. The smallest absolute Gasteiger partial charge is 0.258 e. The van der Waals surface area contributed by atoms with E-state index in [4.69, 9.17) is 11.0 Å². The minimum absolute atomic E-state index is 0.0105. The van der Waals surface area contributed by atoms with Gasteiger partial charge in [0.1, 0.15) is 11.6 Å². The van der Waals surface area contributed by atoms with Crippen LogP contribution < -0.4 is 10.2 Å². The van der Waals surface area contributed by atoms with E-state index >= 15 is 0 Å². The first-order valence-corrected chi connectivity index (χ1v) is 9.43. The third kappa shape index (κ3) is 3.72. The Balaban J connectivity index is 1.45. The molecule has 8 heteroatoms. The van der Waals surface area contributed by atoms with Gasteiger partial charge in [0.2, 0.25) is 5.95 Å². The van der Waals surface area contributed by atoms with Crippen LogP contribution in [0.15, 0.2) is 48.9 Å². The maximum absolute atomic E-state index is 13.0. The molecule has 8 nitrogen and oxygen atoms in total. The molecule has 1 fully saturated rings. The van der Waals surface area contributed by atoms with Crippen LogP contribution in [-0.4, -0.2) is 43.4 Å². The minimum atomic E-state index is -3.23. The lowest BCUT2D eigenvalue weighted by Gasteiger charge is -2.16. The SMILES string of the molecule is [2H]C1([2H])N(c2cc(C(=O)Nc3ncc4ccc(-c5cnc(C)n5C)cc4n3)ccn2)C([2H])([2H])C([2H])([2H])C1([2H])[2H]. The van der Waals surface area contributed by atoms with Crippen LogP contribution >= 0.6 is 0 Å². The van der Waals surface area contributed by atoms with Crippen molar-refractivity contribution in [2.75, 3.05) is 23.2 Å². The second-order valence-electron chi connectivity index (χ2n) is 6.88. The van der Waals surface area contributed by atoms with Gasteiger partial charge < -0.3 is 9.47 Å². The zero-order valence-corrected chi connectivity index (χ0v) is 16.7. The highest BCUT2D eigenvalue weighted by Crippen LogP contribution is 2.24. The molecule has 1 aliphatic heterocycles. The van der Waals surface area contributed by atoms with Crippen molar-refractivity contribution in [1.82, 2.24) is 24.5 Å². The van der Waals surface area contributed by atoms with Crippen molar-refractivity contribution in [3.8, 4) is 11.3 Å². The standard InChI is InChI=1S/C23H23N7O/c1-15-25-14-20(29(15)2)16-5-6-18-13-26-23(27-19(18)11-16)28-22(31)17-7-8-24-21(12-17)30-9-3-4-10-30/h5-8,11-14H,3-4,9-10H2,1-2H3,(H,26,27,28,31)/i3D2,4D2,9D2,10D2. The molecule has 0 aliphatic carbocycles. The molecule has 0 spiro atoms. The molecule has 31 heavy (non-hydrogen) atoms. The highest BCUT2D eigenvalue weighted by atomic mass is 16.1. The maximum Gasteiger partial charge on any atom is 0.258 e. The van der Waals surface area contributed by atoms with E-state index in [2.05, 4.69) is 25.3 Å². The van der Waals surface area contributed by atoms with Gasteiger partial charge in [0.15, 0.2) is 0 Å².